The van der Waals surface area contributed by atoms with Gasteiger partial charge in [0.25, 0.3) is 12.3 Å². The van der Waals surface area contributed by atoms with Gasteiger partial charge in [0.05, 0.1) is 19.3 Å². The van der Waals surface area contributed by atoms with Crippen LogP contribution in [0.2, 0.25) is 0 Å². The van der Waals surface area contributed by atoms with Crippen LogP contribution in [0.25, 0.3) is 0 Å². The van der Waals surface area contributed by atoms with Crippen LogP contribution in [-0.2, 0) is 6.54 Å². The number of amides is 1. The molecule has 0 saturated carbocycles. The largest absolute Gasteiger partial charge is 0.497 e. The Morgan fingerprint density at radius 2 is 2.19 bits per heavy atom. The van der Waals surface area contributed by atoms with Gasteiger partial charge >= 0.3 is 0 Å². The summed E-state index contributed by atoms with van der Waals surface area (Å²) < 4.78 is 31.9. The van der Waals surface area contributed by atoms with Crippen molar-refractivity contribution >= 4 is 27.5 Å². The number of alkyl halides is 2. The Hall–Kier alpha value is -1.89. The normalized spacial score (nSPS) is 10.7. The predicted molar refractivity (Wildman–Crippen MR) is 79.1 cm³/mol. The molecule has 0 unspecified atom stereocenters. The Labute approximate surface area is 128 Å². The van der Waals surface area contributed by atoms with Crippen molar-refractivity contribution in [2.75, 3.05) is 12.4 Å². The molecule has 21 heavy (non-hydrogen) atoms. The van der Waals surface area contributed by atoms with E-state index in [1.54, 1.807) is 24.3 Å². The molecule has 2 aromatic rings. The van der Waals surface area contributed by atoms with E-state index in [4.69, 9.17) is 4.74 Å². The van der Waals surface area contributed by atoms with Crippen molar-refractivity contribution < 1.29 is 18.3 Å². The third-order valence-electron chi connectivity index (χ3n) is 2.82. The molecule has 4 nitrogen and oxygen atoms in total. The number of methoxy groups -OCH3 is 1. The highest BCUT2D eigenvalue weighted by atomic mass is 79.9. The average molecular weight is 359 g/mol. The Kier molecular flexibility index (Phi) is 4.95. The first-order valence-electron chi connectivity index (χ1n) is 6.09. The minimum Gasteiger partial charge on any atom is -0.497 e. The van der Waals surface area contributed by atoms with Gasteiger partial charge in [-0.15, -0.1) is 0 Å². The quantitative estimate of drug-likeness (QED) is 0.883. The summed E-state index contributed by atoms with van der Waals surface area (Å²) in [7, 11) is 1.52. The van der Waals surface area contributed by atoms with Gasteiger partial charge in [0, 0.05) is 16.7 Å². The Morgan fingerprint density at radius 3 is 2.86 bits per heavy atom. The van der Waals surface area contributed by atoms with Crippen LogP contribution < -0.4 is 10.1 Å². The van der Waals surface area contributed by atoms with E-state index in [9.17, 15) is 13.6 Å². The highest BCUT2D eigenvalue weighted by Gasteiger charge is 2.15. The Morgan fingerprint density at radius 1 is 1.43 bits per heavy atom. The number of nitrogens with zero attached hydrogens (tertiary/aromatic N) is 1. The van der Waals surface area contributed by atoms with Crippen LogP contribution in [0, 0.1) is 0 Å². The molecule has 1 amide bonds. The zero-order valence-electron chi connectivity index (χ0n) is 11.1. The summed E-state index contributed by atoms with van der Waals surface area (Å²) in [6.45, 7) is -0.519. The number of ether oxygens (including phenoxy) is 1. The number of aromatic nitrogens is 1. The molecule has 0 bridgehead atoms. The fourth-order valence-electron chi connectivity index (χ4n) is 1.84. The predicted octanol–water partition coefficient (Wildman–Crippen LogP) is 3.78. The molecule has 0 aliphatic heterocycles. The van der Waals surface area contributed by atoms with Gasteiger partial charge in [-0.3, -0.25) is 4.79 Å². The van der Waals surface area contributed by atoms with E-state index < -0.39 is 18.9 Å². The second kappa shape index (κ2) is 6.71. The van der Waals surface area contributed by atoms with Crippen molar-refractivity contribution in [3.8, 4) is 5.75 Å². The average Bonchev–Trinajstić information content (AvgIpc) is 2.88. The highest BCUT2D eigenvalue weighted by Crippen LogP contribution is 2.27. The van der Waals surface area contributed by atoms with Gasteiger partial charge in [0.2, 0.25) is 0 Å². The van der Waals surface area contributed by atoms with E-state index in [2.05, 4.69) is 21.2 Å². The molecule has 112 valence electrons. The van der Waals surface area contributed by atoms with Crippen molar-refractivity contribution in [1.82, 2.24) is 4.57 Å². The molecule has 0 radical (unpaired) electrons. The molecule has 1 aromatic carbocycles. The summed E-state index contributed by atoms with van der Waals surface area (Å²) in [6, 6.07) is 8.15. The van der Waals surface area contributed by atoms with Crippen LogP contribution in [0.15, 0.2) is 41.0 Å². The summed E-state index contributed by atoms with van der Waals surface area (Å²) >= 11 is 3.31. The van der Waals surface area contributed by atoms with Crippen molar-refractivity contribution in [3.05, 3.63) is 46.7 Å². The number of carbonyl (C=O) groups is 1. The van der Waals surface area contributed by atoms with E-state index in [-0.39, 0.29) is 5.69 Å². The molecule has 1 aromatic heterocycles. The van der Waals surface area contributed by atoms with E-state index >= 15 is 0 Å². The Bertz CT molecular complexity index is 644. The lowest BCUT2D eigenvalue weighted by Gasteiger charge is -2.11. The third kappa shape index (κ3) is 3.81. The van der Waals surface area contributed by atoms with Crippen molar-refractivity contribution in [1.29, 1.82) is 0 Å². The number of halogens is 3. The lowest BCUT2D eigenvalue weighted by Crippen LogP contribution is -2.19. The van der Waals surface area contributed by atoms with E-state index in [0.717, 1.165) is 0 Å². The lowest BCUT2D eigenvalue weighted by molar-refractivity contribution is 0.0997. The van der Waals surface area contributed by atoms with Crippen LogP contribution >= 0.6 is 15.9 Å². The van der Waals surface area contributed by atoms with Crippen molar-refractivity contribution in [2.45, 2.75) is 13.0 Å². The first kappa shape index (κ1) is 15.5. The minimum atomic E-state index is -2.52. The van der Waals surface area contributed by atoms with Gasteiger partial charge in [-0.2, -0.15) is 0 Å². The number of hydrogen-bond donors (Lipinski definition) is 1. The monoisotopic (exact) mass is 358 g/mol. The van der Waals surface area contributed by atoms with Crippen LogP contribution in [0.3, 0.4) is 0 Å². The summed E-state index contributed by atoms with van der Waals surface area (Å²) in [5, 5.41) is 2.67. The van der Waals surface area contributed by atoms with Crippen molar-refractivity contribution in [2.24, 2.45) is 0 Å². The molecule has 0 saturated heterocycles. The van der Waals surface area contributed by atoms with E-state index in [1.807, 2.05) is 0 Å². The standard InChI is InChI=1S/C14H13BrF2N2O2/c1-21-9-4-5-10(15)11(7-9)18-14(20)12-3-2-6-19(12)8-13(16)17/h2-7,13H,8H2,1H3,(H,18,20). The Balaban J connectivity index is 2.20. The van der Waals surface area contributed by atoms with Gasteiger partial charge in [-0.05, 0) is 40.2 Å². The van der Waals surface area contributed by atoms with Crippen LogP contribution in [0.5, 0.6) is 5.75 Å². The molecule has 1 heterocycles. The summed E-state index contributed by atoms with van der Waals surface area (Å²) in [5.41, 5.74) is 0.675. The fourth-order valence-corrected chi connectivity index (χ4v) is 2.19. The molecule has 0 aliphatic carbocycles. The molecule has 0 spiro atoms. The first-order valence-corrected chi connectivity index (χ1v) is 6.88. The fraction of sp³-hybridized carbons (Fsp3) is 0.214. The minimum absolute atomic E-state index is 0.171. The highest BCUT2D eigenvalue weighted by molar-refractivity contribution is 9.10. The van der Waals surface area contributed by atoms with E-state index in [1.165, 1.54) is 23.9 Å². The smallest absolute Gasteiger partial charge is 0.272 e. The van der Waals surface area contributed by atoms with Gasteiger partial charge in [-0.1, -0.05) is 0 Å². The zero-order valence-corrected chi connectivity index (χ0v) is 12.7. The zero-order chi connectivity index (χ0) is 15.4. The number of anilines is 1. The lowest BCUT2D eigenvalue weighted by atomic mass is 10.3. The van der Waals surface area contributed by atoms with E-state index in [0.29, 0.717) is 15.9 Å². The number of rotatable bonds is 5. The van der Waals surface area contributed by atoms with Gasteiger partial charge < -0.3 is 14.6 Å². The molecular formula is C14H13BrF2N2O2. The molecular weight excluding hydrogens is 346 g/mol. The number of nitrogens with one attached hydrogen (secondary N) is 1. The van der Waals surface area contributed by atoms with Crippen molar-refractivity contribution in [3.63, 3.8) is 0 Å². The molecule has 0 atom stereocenters. The van der Waals surface area contributed by atoms with Crippen LogP contribution in [0.4, 0.5) is 14.5 Å². The summed E-state index contributed by atoms with van der Waals surface area (Å²) in [5.74, 6) is 0.117. The maximum absolute atomic E-state index is 12.5. The van der Waals surface area contributed by atoms with Gasteiger partial charge in [0.1, 0.15) is 11.4 Å². The molecule has 0 aliphatic rings. The SMILES string of the molecule is COc1ccc(Br)c(NC(=O)c2cccn2CC(F)F)c1. The first-order chi connectivity index (χ1) is 10.0. The molecule has 1 N–H and O–H groups in total. The van der Waals surface area contributed by atoms with Gasteiger partial charge in [-0.25, -0.2) is 8.78 Å². The maximum Gasteiger partial charge on any atom is 0.272 e. The van der Waals surface area contributed by atoms with Gasteiger partial charge in [0.15, 0.2) is 0 Å². The molecule has 2 rings (SSSR count). The topological polar surface area (TPSA) is 43.3 Å². The molecule has 0 fully saturated rings. The second-order valence-corrected chi connectivity index (χ2v) is 5.09. The third-order valence-corrected chi connectivity index (χ3v) is 3.51. The number of benzene rings is 1. The van der Waals surface area contributed by atoms with Crippen LogP contribution in [0.1, 0.15) is 10.5 Å². The molecule has 7 heteroatoms. The number of hydrogen-bond acceptors (Lipinski definition) is 2. The van der Waals surface area contributed by atoms with Crippen LogP contribution in [-0.4, -0.2) is 24.0 Å². The maximum atomic E-state index is 12.5. The summed E-state index contributed by atoms with van der Waals surface area (Å²) in [6.07, 6.45) is -1.07. The number of carbonyl (C=O) groups excluding carboxylic acids is 1. The second-order valence-electron chi connectivity index (χ2n) is 4.24. The summed E-state index contributed by atoms with van der Waals surface area (Å²) in [4.78, 5) is 12.2.